The Bertz CT molecular complexity index is 845. The summed E-state index contributed by atoms with van der Waals surface area (Å²) < 4.78 is 6.82. The van der Waals surface area contributed by atoms with Gasteiger partial charge in [0, 0.05) is 22.7 Å². The lowest BCUT2D eigenvalue weighted by molar-refractivity contribution is -0.139. The van der Waals surface area contributed by atoms with Crippen molar-refractivity contribution in [2.75, 3.05) is 0 Å². The second-order valence-electron chi connectivity index (χ2n) is 5.38. The number of carbonyl (C=O) groups is 1. The minimum Gasteiger partial charge on any atom is -0.456 e. The quantitative estimate of drug-likeness (QED) is 0.491. The Morgan fingerprint density at radius 1 is 1.39 bits per heavy atom. The van der Waals surface area contributed by atoms with Crippen LogP contribution in [0.25, 0.3) is 4.96 Å². The molecule has 3 rings (SSSR count). The molecule has 0 atom stereocenters. The van der Waals surface area contributed by atoms with Crippen LogP contribution in [0.2, 0.25) is 0 Å². The van der Waals surface area contributed by atoms with E-state index in [2.05, 4.69) is 4.98 Å². The predicted octanol–water partition coefficient (Wildman–Crippen LogP) is 2.81. The molecule has 23 heavy (non-hydrogen) atoms. The molecule has 120 valence electrons. The average Bonchev–Trinajstić information content (AvgIpc) is 2.92. The first kappa shape index (κ1) is 15.7. The van der Waals surface area contributed by atoms with Gasteiger partial charge in [-0.25, -0.2) is 9.78 Å². The number of hydrogen-bond acceptors (Lipinski definition) is 5. The van der Waals surface area contributed by atoms with Crippen LogP contribution >= 0.6 is 11.3 Å². The van der Waals surface area contributed by atoms with Crippen molar-refractivity contribution in [2.45, 2.75) is 39.2 Å². The smallest absolute Gasteiger partial charge is 0.331 e. The largest absolute Gasteiger partial charge is 0.456 e. The van der Waals surface area contributed by atoms with E-state index in [9.17, 15) is 9.59 Å². The van der Waals surface area contributed by atoms with E-state index in [4.69, 9.17) is 4.74 Å². The zero-order chi connectivity index (χ0) is 16.2. The van der Waals surface area contributed by atoms with Gasteiger partial charge in [0.2, 0.25) is 0 Å². The summed E-state index contributed by atoms with van der Waals surface area (Å²) in [5, 5.41) is 0. The van der Waals surface area contributed by atoms with Crippen LogP contribution in [0.3, 0.4) is 0 Å². The Hall–Kier alpha value is -2.21. The fourth-order valence-electron chi connectivity index (χ4n) is 2.65. The van der Waals surface area contributed by atoms with Crippen molar-refractivity contribution in [3.8, 4) is 0 Å². The van der Waals surface area contributed by atoms with Crippen molar-refractivity contribution in [1.82, 2.24) is 9.38 Å². The highest BCUT2D eigenvalue weighted by Crippen LogP contribution is 2.28. The van der Waals surface area contributed by atoms with Crippen LogP contribution < -0.4 is 5.56 Å². The molecule has 5 nitrogen and oxygen atoms in total. The van der Waals surface area contributed by atoms with E-state index >= 15 is 0 Å². The second-order valence-corrected chi connectivity index (χ2v) is 6.44. The van der Waals surface area contributed by atoms with Gasteiger partial charge < -0.3 is 4.74 Å². The number of esters is 1. The third-order valence-electron chi connectivity index (χ3n) is 3.71. The molecule has 2 heterocycles. The molecular formula is C17H18N2O3S. The summed E-state index contributed by atoms with van der Waals surface area (Å²) in [5.74, 6) is -0.449. The molecule has 0 saturated heterocycles. The van der Waals surface area contributed by atoms with E-state index in [-0.39, 0.29) is 12.2 Å². The highest BCUT2D eigenvalue weighted by atomic mass is 32.1. The molecule has 2 aromatic rings. The van der Waals surface area contributed by atoms with Gasteiger partial charge in [0.05, 0.1) is 5.69 Å². The minimum atomic E-state index is -0.449. The summed E-state index contributed by atoms with van der Waals surface area (Å²) in [6.07, 6.45) is 10.7. The Morgan fingerprint density at radius 2 is 2.22 bits per heavy atom. The molecule has 0 N–H and O–H groups in total. The maximum Gasteiger partial charge on any atom is 0.331 e. The second kappa shape index (κ2) is 6.91. The van der Waals surface area contributed by atoms with Gasteiger partial charge in [0.1, 0.15) is 6.61 Å². The minimum absolute atomic E-state index is 0.00726. The molecule has 0 fully saturated rings. The van der Waals surface area contributed by atoms with Crippen molar-refractivity contribution < 1.29 is 9.53 Å². The number of allylic oxidation sites excluding steroid dienone is 3. The van der Waals surface area contributed by atoms with Gasteiger partial charge in [-0.05, 0) is 32.6 Å². The van der Waals surface area contributed by atoms with Crippen LogP contribution in [0.5, 0.6) is 0 Å². The SMILES string of the molecule is C/C=C/C=C/C(=O)OCc1cc(=O)n2c3c(sc2n1)CCCC3. The first-order chi connectivity index (χ1) is 11.2. The molecule has 0 aliphatic heterocycles. The van der Waals surface area contributed by atoms with Crippen LogP contribution in [0.15, 0.2) is 35.2 Å². The Labute approximate surface area is 137 Å². The third kappa shape index (κ3) is 3.42. The normalized spacial score (nSPS) is 14.7. The summed E-state index contributed by atoms with van der Waals surface area (Å²) >= 11 is 1.57. The van der Waals surface area contributed by atoms with Crippen molar-refractivity contribution in [2.24, 2.45) is 0 Å². The molecule has 0 radical (unpaired) electrons. The van der Waals surface area contributed by atoms with Gasteiger partial charge in [-0.3, -0.25) is 9.20 Å². The van der Waals surface area contributed by atoms with Gasteiger partial charge in [0.25, 0.3) is 5.56 Å². The highest BCUT2D eigenvalue weighted by molar-refractivity contribution is 7.17. The van der Waals surface area contributed by atoms with Gasteiger partial charge in [-0.2, -0.15) is 0 Å². The molecular weight excluding hydrogens is 312 g/mol. The van der Waals surface area contributed by atoms with Crippen LogP contribution in [0.1, 0.15) is 36.0 Å². The van der Waals surface area contributed by atoms with Crippen molar-refractivity contribution in [3.05, 3.63) is 57.0 Å². The number of thiazole rings is 1. The van der Waals surface area contributed by atoms with Crippen LogP contribution in [-0.4, -0.2) is 15.4 Å². The van der Waals surface area contributed by atoms with E-state index in [0.29, 0.717) is 10.7 Å². The molecule has 6 heteroatoms. The van der Waals surface area contributed by atoms with Gasteiger partial charge in [0.15, 0.2) is 4.96 Å². The number of fused-ring (bicyclic) bond motifs is 3. The molecule has 0 spiro atoms. The van der Waals surface area contributed by atoms with Crippen molar-refractivity contribution >= 4 is 22.3 Å². The molecule has 1 aliphatic rings. The number of aryl methyl sites for hydroxylation is 2. The van der Waals surface area contributed by atoms with Crippen LogP contribution in [-0.2, 0) is 29.0 Å². The molecule has 1 aliphatic carbocycles. The fraction of sp³-hybridized carbons (Fsp3) is 0.353. The summed E-state index contributed by atoms with van der Waals surface area (Å²) in [4.78, 5) is 30.3. The summed E-state index contributed by atoms with van der Waals surface area (Å²) in [7, 11) is 0. The molecule has 0 bridgehead atoms. The molecule has 0 aromatic carbocycles. The maximum absolute atomic E-state index is 12.4. The molecule has 2 aromatic heterocycles. The van der Waals surface area contributed by atoms with Gasteiger partial charge >= 0.3 is 5.97 Å². The standard InChI is InChI=1S/C17H18N2O3S/c1-2-3-4-9-16(21)22-11-12-10-15(20)19-13-7-5-6-8-14(13)23-17(19)18-12/h2-4,9-10H,5-8,11H2,1H3/b3-2+,9-4+. The fourth-order valence-corrected chi connectivity index (χ4v) is 3.89. The van der Waals surface area contributed by atoms with E-state index < -0.39 is 5.97 Å². The topological polar surface area (TPSA) is 60.7 Å². The Balaban J connectivity index is 1.80. The molecule has 0 unspecified atom stereocenters. The lowest BCUT2D eigenvalue weighted by Crippen LogP contribution is -2.18. The third-order valence-corrected chi connectivity index (χ3v) is 4.86. The number of carbonyl (C=O) groups excluding carboxylic acids is 1. The Morgan fingerprint density at radius 3 is 3.04 bits per heavy atom. The highest BCUT2D eigenvalue weighted by Gasteiger charge is 2.18. The van der Waals surface area contributed by atoms with E-state index in [0.717, 1.165) is 31.4 Å². The van der Waals surface area contributed by atoms with Gasteiger partial charge in [-0.1, -0.05) is 18.2 Å². The zero-order valence-corrected chi connectivity index (χ0v) is 13.8. The number of aromatic nitrogens is 2. The average molecular weight is 330 g/mol. The lowest BCUT2D eigenvalue weighted by Gasteiger charge is -2.10. The first-order valence-electron chi connectivity index (χ1n) is 7.68. The molecule has 0 amide bonds. The van der Waals surface area contributed by atoms with Crippen molar-refractivity contribution in [1.29, 1.82) is 0 Å². The van der Waals surface area contributed by atoms with Gasteiger partial charge in [-0.15, -0.1) is 11.3 Å². The lowest BCUT2D eigenvalue weighted by atomic mass is 10.0. The summed E-state index contributed by atoms with van der Waals surface area (Å²) in [6.45, 7) is 1.87. The summed E-state index contributed by atoms with van der Waals surface area (Å²) in [5.41, 5.74) is 1.50. The number of ether oxygens (including phenoxy) is 1. The monoisotopic (exact) mass is 330 g/mol. The van der Waals surface area contributed by atoms with E-state index in [1.807, 2.05) is 13.0 Å². The number of rotatable bonds is 4. The number of hydrogen-bond donors (Lipinski definition) is 0. The van der Waals surface area contributed by atoms with Crippen LogP contribution in [0.4, 0.5) is 0 Å². The van der Waals surface area contributed by atoms with E-state index in [1.165, 1.54) is 17.0 Å². The first-order valence-corrected chi connectivity index (χ1v) is 8.50. The maximum atomic E-state index is 12.4. The van der Waals surface area contributed by atoms with Crippen LogP contribution in [0, 0.1) is 0 Å². The summed E-state index contributed by atoms with van der Waals surface area (Å²) in [6, 6.07) is 1.46. The molecule has 0 saturated carbocycles. The number of nitrogens with zero attached hydrogens (tertiary/aromatic N) is 2. The zero-order valence-electron chi connectivity index (χ0n) is 12.9. The van der Waals surface area contributed by atoms with Crippen molar-refractivity contribution in [3.63, 3.8) is 0 Å². The Kier molecular flexibility index (Phi) is 4.71. The van der Waals surface area contributed by atoms with E-state index in [1.54, 1.807) is 27.9 Å². The predicted molar refractivity (Wildman–Crippen MR) is 89.7 cm³/mol.